The first kappa shape index (κ1) is 11.2. The maximum atomic E-state index is 13.6. The topological polar surface area (TPSA) is 29.3 Å². The van der Waals surface area contributed by atoms with Crippen LogP contribution >= 0.6 is 0 Å². The molecule has 0 aliphatic carbocycles. The lowest BCUT2D eigenvalue weighted by molar-refractivity contribution is 0.271. The van der Waals surface area contributed by atoms with Crippen LogP contribution in [0.25, 0.3) is 0 Å². The molecule has 2 aromatic rings. The highest BCUT2D eigenvalue weighted by molar-refractivity contribution is 5.46. The summed E-state index contributed by atoms with van der Waals surface area (Å²) in [5, 5.41) is 0. The van der Waals surface area contributed by atoms with Gasteiger partial charge in [0.2, 0.25) is 0 Å². The Morgan fingerprint density at radius 1 is 1.06 bits per heavy atom. The summed E-state index contributed by atoms with van der Waals surface area (Å²) >= 11 is 0. The van der Waals surface area contributed by atoms with E-state index in [0.717, 1.165) is 24.3 Å². The number of fused-ring (bicyclic) bond motifs is 1. The summed E-state index contributed by atoms with van der Waals surface area (Å²) in [6, 6.07) is 12.9. The summed E-state index contributed by atoms with van der Waals surface area (Å²) in [4.78, 5) is 2.22. The third-order valence-corrected chi connectivity index (χ3v) is 3.37. The highest BCUT2D eigenvalue weighted by Crippen LogP contribution is 2.26. The summed E-state index contributed by atoms with van der Waals surface area (Å²) in [6.45, 7) is 2.35. The highest BCUT2D eigenvalue weighted by Gasteiger charge is 2.19. The molecule has 0 unspecified atom stereocenters. The molecule has 1 aliphatic heterocycles. The minimum absolute atomic E-state index is 0.132. The van der Waals surface area contributed by atoms with E-state index in [-0.39, 0.29) is 5.82 Å². The predicted octanol–water partition coefficient (Wildman–Crippen LogP) is 2.92. The van der Waals surface area contributed by atoms with Crippen LogP contribution in [0.2, 0.25) is 0 Å². The summed E-state index contributed by atoms with van der Waals surface area (Å²) in [7, 11) is 0. The van der Waals surface area contributed by atoms with Crippen LogP contribution in [0, 0.1) is 5.82 Å². The van der Waals surface area contributed by atoms with E-state index < -0.39 is 0 Å². The number of hydrogen-bond donors (Lipinski definition) is 1. The van der Waals surface area contributed by atoms with Crippen molar-refractivity contribution in [3.05, 3.63) is 65.0 Å². The van der Waals surface area contributed by atoms with Gasteiger partial charge in [-0.25, -0.2) is 4.39 Å². The second kappa shape index (κ2) is 4.42. The van der Waals surface area contributed by atoms with Crippen molar-refractivity contribution in [1.82, 2.24) is 4.90 Å². The molecular formula is C15H15FN2. The van der Waals surface area contributed by atoms with Gasteiger partial charge in [-0.2, -0.15) is 0 Å². The molecular weight excluding hydrogens is 227 g/mol. The van der Waals surface area contributed by atoms with Crippen molar-refractivity contribution in [2.75, 3.05) is 5.73 Å². The van der Waals surface area contributed by atoms with Gasteiger partial charge in [0.1, 0.15) is 5.82 Å². The van der Waals surface area contributed by atoms with Crippen molar-refractivity contribution in [3.8, 4) is 0 Å². The van der Waals surface area contributed by atoms with Crippen LogP contribution in [0.5, 0.6) is 0 Å². The molecule has 0 aromatic heterocycles. The van der Waals surface area contributed by atoms with Crippen LogP contribution in [-0.2, 0) is 19.6 Å². The Hall–Kier alpha value is -1.87. The Balaban J connectivity index is 1.77. The maximum absolute atomic E-state index is 13.6. The summed E-state index contributed by atoms with van der Waals surface area (Å²) < 4.78 is 13.6. The average molecular weight is 242 g/mol. The first-order chi connectivity index (χ1) is 8.72. The molecule has 3 rings (SSSR count). The molecule has 0 atom stereocenters. The van der Waals surface area contributed by atoms with E-state index in [9.17, 15) is 4.39 Å². The van der Waals surface area contributed by atoms with Gasteiger partial charge in [-0.1, -0.05) is 24.3 Å². The molecule has 0 spiro atoms. The van der Waals surface area contributed by atoms with Crippen molar-refractivity contribution in [3.63, 3.8) is 0 Å². The monoisotopic (exact) mass is 242 g/mol. The van der Waals surface area contributed by atoms with E-state index >= 15 is 0 Å². The van der Waals surface area contributed by atoms with Gasteiger partial charge in [-0.3, -0.25) is 4.90 Å². The predicted molar refractivity (Wildman–Crippen MR) is 70.2 cm³/mol. The van der Waals surface area contributed by atoms with E-state index in [2.05, 4.69) is 11.0 Å². The van der Waals surface area contributed by atoms with Crippen LogP contribution in [0.4, 0.5) is 10.1 Å². The second-order valence-electron chi connectivity index (χ2n) is 4.76. The Kier molecular flexibility index (Phi) is 2.76. The normalized spacial score (nSPS) is 14.7. The second-order valence-corrected chi connectivity index (χ2v) is 4.76. The zero-order chi connectivity index (χ0) is 12.5. The molecule has 2 aromatic carbocycles. The van der Waals surface area contributed by atoms with Gasteiger partial charge in [0.25, 0.3) is 0 Å². The Morgan fingerprint density at radius 3 is 2.67 bits per heavy atom. The first-order valence-corrected chi connectivity index (χ1v) is 6.05. The largest absolute Gasteiger partial charge is 0.399 e. The van der Waals surface area contributed by atoms with Gasteiger partial charge in [-0.15, -0.1) is 0 Å². The molecule has 0 fully saturated rings. The molecule has 2 nitrogen and oxygen atoms in total. The fraction of sp³-hybridized carbons (Fsp3) is 0.200. The van der Waals surface area contributed by atoms with Crippen molar-refractivity contribution in [1.29, 1.82) is 0 Å². The SMILES string of the molecule is Nc1ccc2c(c1)CN(Cc1ccccc1F)C2. The van der Waals surface area contributed by atoms with Crippen molar-refractivity contribution < 1.29 is 4.39 Å². The van der Waals surface area contributed by atoms with E-state index in [0.29, 0.717) is 6.54 Å². The zero-order valence-electron chi connectivity index (χ0n) is 10.1. The lowest BCUT2D eigenvalue weighted by atomic mass is 10.1. The first-order valence-electron chi connectivity index (χ1n) is 6.05. The standard InChI is InChI=1S/C15H15FN2/c16-15-4-2-1-3-12(15)9-18-8-11-5-6-14(17)7-13(11)10-18/h1-7H,8-10,17H2. The Labute approximate surface area is 106 Å². The zero-order valence-corrected chi connectivity index (χ0v) is 10.1. The van der Waals surface area contributed by atoms with Crippen molar-refractivity contribution in [2.45, 2.75) is 19.6 Å². The van der Waals surface area contributed by atoms with Gasteiger partial charge in [0.05, 0.1) is 0 Å². The van der Waals surface area contributed by atoms with Crippen LogP contribution < -0.4 is 5.73 Å². The molecule has 1 aliphatic rings. The van der Waals surface area contributed by atoms with Gasteiger partial charge in [0.15, 0.2) is 0 Å². The molecule has 92 valence electrons. The van der Waals surface area contributed by atoms with E-state index in [1.165, 1.54) is 17.2 Å². The van der Waals surface area contributed by atoms with Crippen LogP contribution in [-0.4, -0.2) is 4.90 Å². The smallest absolute Gasteiger partial charge is 0.127 e. The van der Waals surface area contributed by atoms with Crippen LogP contribution in [0.3, 0.4) is 0 Å². The number of nitrogens with zero attached hydrogens (tertiary/aromatic N) is 1. The number of hydrogen-bond acceptors (Lipinski definition) is 2. The molecule has 0 radical (unpaired) electrons. The van der Waals surface area contributed by atoms with E-state index in [4.69, 9.17) is 5.73 Å². The van der Waals surface area contributed by atoms with Crippen LogP contribution in [0.15, 0.2) is 42.5 Å². The van der Waals surface area contributed by atoms with Gasteiger partial charge >= 0.3 is 0 Å². The lowest BCUT2D eigenvalue weighted by Gasteiger charge is -2.15. The van der Waals surface area contributed by atoms with Crippen molar-refractivity contribution >= 4 is 5.69 Å². The lowest BCUT2D eigenvalue weighted by Crippen LogP contribution is -2.16. The highest BCUT2D eigenvalue weighted by atomic mass is 19.1. The molecule has 2 N–H and O–H groups in total. The molecule has 3 heteroatoms. The number of nitrogens with two attached hydrogens (primary N) is 1. The third-order valence-electron chi connectivity index (χ3n) is 3.37. The summed E-state index contributed by atoms with van der Waals surface area (Å²) in [5.41, 5.74) is 9.86. The van der Waals surface area contributed by atoms with Gasteiger partial charge < -0.3 is 5.73 Å². The molecule has 0 saturated heterocycles. The molecule has 0 amide bonds. The molecule has 18 heavy (non-hydrogen) atoms. The number of anilines is 1. The third kappa shape index (κ3) is 2.09. The quantitative estimate of drug-likeness (QED) is 0.820. The van der Waals surface area contributed by atoms with Gasteiger partial charge in [-0.05, 0) is 29.3 Å². The number of rotatable bonds is 2. The summed E-state index contributed by atoms with van der Waals surface area (Å²) in [6.07, 6.45) is 0. The number of halogens is 1. The molecule has 0 bridgehead atoms. The minimum atomic E-state index is -0.132. The average Bonchev–Trinajstić information content (AvgIpc) is 2.73. The maximum Gasteiger partial charge on any atom is 0.127 e. The van der Waals surface area contributed by atoms with Crippen LogP contribution in [0.1, 0.15) is 16.7 Å². The minimum Gasteiger partial charge on any atom is -0.399 e. The van der Waals surface area contributed by atoms with E-state index in [1.807, 2.05) is 24.3 Å². The van der Waals surface area contributed by atoms with Gasteiger partial charge in [0, 0.05) is 30.9 Å². The van der Waals surface area contributed by atoms with Crippen molar-refractivity contribution in [2.24, 2.45) is 0 Å². The fourth-order valence-corrected chi connectivity index (χ4v) is 2.46. The Morgan fingerprint density at radius 2 is 1.83 bits per heavy atom. The number of benzene rings is 2. The Bertz CT molecular complexity index is 580. The fourth-order valence-electron chi connectivity index (χ4n) is 2.46. The molecule has 0 saturated carbocycles. The molecule has 1 heterocycles. The number of nitrogen functional groups attached to an aromatic ring is 1. The van der Waals surface area contributed by atoms with E-state index in [1.54, 1.807) is 6.07 Å². The summed E-state index contributed by atoms with van der Waals surface area (Å²) in [5.74, 6) is -0.132.